The predicted molar refractivity (Wildman–Crippen MR) is 101 cm³/mol. The third-order valence-electron chi connectivity index (χ3n) is 4.18. The molecular formula is C18H14F2N6OS. The van der Waals surface area contributed by atoms with Crippen molar-refractivity contribution in [1.82, 2.24) is 24.5 Å². The van der Waals surface area contributed by atoms with Gasteiger partial charge in [0.15, 0.2) is 16.6 Å². The molecule has 0 unspecified atom stereocenters. The summed E-state index contributed by atoms with van der Waals surface area (Å²) in [6.07, 6.45) is -0.00100. The summed E-state index contributed by atoms with van der Waals surface area (Å²) in [5.74, 6) is -0.379. The van der Waals surface area contributed by atoms with Crippen LogP contribution in [0.25, 0.3) is 27.7 Å². The highest BCUT2D eigenvalue weighted by molar-refractivity contribution is 7.13. The van der Waals surface area contributed by atoms with Crippen LogP contribution >= 0.6 is 11.3 Å². The molecule has 0 bridgehead atoms. The number of nitrogens with two attached hydrogens (primary N) is 1. The van der Waals surface area contributed by atoms with Crippen LogP contribution in [0.3, 0.4) is 0 Å². The van der Waals surface area contributed by atoms with Crippen LogP contribution in [0, 0.1) is 13.8 Å². The van der Waals surface area contributed by atoms with E-state index in [-0.39, 0.29) is 33.8 Å². The molecule has 7 nitrogen and oxygen atoms in total. The van der Waals surface area contributed by atoms with E-state index in [1.165, 1.54) is 28.3 Å². The van der Waals surface area contributed by atoms with Gasteiger partial charge in [-0.3, -0.25) is 9.36 Å². The zero-order valence-corrected chi connectivity index (χ0v) is 15.7. The number of hydrogen-bond donors (Lipinski definition) is 1. The molecule has 0 saturated carbocycles. The molecule has 10 heteroatoms. The molecule has 0 atom stereocenters. The molecule has 0 radical (unpaired) electrons. The molecule has 4 aromatic heterocycles. The minimum atomic E-state index is -2.71. The monoisotopic (exact) mass is 400 g/mol. The van der Waals surface area contributed by atoms with Gasteiger partial charge in [-0.25, -0.2) is 28.7 Å². The van der Waals surface area contributed by atoms with Gasteiger partial charge in [0.1, 0.15) is 11.2 Å². The zero-order chi connectivity index (χ0) is 20.0. The summed E-state index contributed by atoms with van der Waals surface area (Å²) >= 11 is 1.35. The van der Waals surface area contributed by atoms with E-state index in [2.05, 4.69) is 19.9 Å². The maximum atomic E-state index is 13.5. The van der Waals surface area contributed by atoms with Crippen LogP contribution in [0.15, 0.2) is 29.9 Å². The van der Waals surface area contributed by atoms with Gasteiger partial charge >= 0.3 is 0 Å². The minimum Gasteiger partial charge on any atom is -0.365 e. The van der Waals surface area contributed by atoms with E-state index in [1.54, 1.807) is 19.1 Å². The Kier molecular flexibility index (Phi) is 4.34. The number of alkyl halides is 2. The molecule has 0 fully saturated rings. The highest BCUT2D eigenvalue weighted by Crippen LogP contribution is 2.32. The Morgan fingerprint density at radius 2 is 2.04 bits per heavy atom. The molecule has 0 aliphatic heterocycles. The third-order valence-corrected chi connectivity index (χ3v) is 5.14. The Labute approximate surface area is 161 Å². The summed E-state index contributed by atoms with van der Waals surface area (Å²) in [4.78, 5) is 29.4. The first-order valence-corrected chi connectivity index (χ1v) is 9.10. The Balaban J connectivity index is 2.05. The Morgan fingerprint density at radius 1 is 1.25 bits per heavy atom. The van der Waals surface area contributed by atoms with Gasteiger partial charge in [0.05, 0.1) is 5.69 Å². The van der Waals surface area contributed by atoms with Gasteiger partial charge < -0.3 is 5.73 Å². The van der Waals surface area contributed by atoms with Crippen molar-refractivity contribution in [3.05, 3.63) is 52.4 Å². The SMILES string of the molecule is Cc1csc(-c2nc(C)c(C(N)=O)c(-n3cc(C(F)F)c4cccnc43)n2)n1. The Morgan fingerprint density at radius 3 is 2.68 bits per heavy atom. The second-order valence-corrected chi connectivity index (χ2v) is 6.98. The van der Waals surface area contributed by atoms with Gasteiger partial charge in [0, 0.05) is 34.4 Å². The summed E-state index contributed by atoms with van der Waals surface area (Å²) in [6, 6.07) is 3.12. The second kappa shape index (κ2) is 6.71. The molecule has 0 spiro atoms. The van der Waals surface area contributed by atoms with Crippen LogP contribution in [-0.4, -0.2) is 30.4 Å². The lowest BCUT2D eigenvalue weighted by Crippen LogP contribution is -2.19. The van der Waals surface area contributed by atoms with Crippen molar-refractivity contribution in [3.8, 4) is 16.6 Å². The molecule has 0 saturated heterocycles. The third kappa shape index (κ3) is 2.91. The fraction of sp³-hybridized carbons (Fsp3) is 0.167. The summed E-state index contributed by atoms with van der Waals surface area (Å²) < 4.78 is 28.4. The van der Waals surface area contributed by atoms with E-state index >= 15 is 0 Å². The number of carbonyl (C=O) groups is 1. The average Bonchev–Trinajstić information content (AvgIpc) is 3.24. The molecule has 0 aliphatic carbocycles. The number of thiazole rings is 1. The van der Waals surface area contributed by atoms with Crippen molar-refractivity contribution in [3.63, 3.8) is 0 Å². The average molecular weight is 400 g/mol. The van der Waals surface area contributed by atoms with Crippen molar-refractivity contribution in [1.29, 1.82) is 0 Å². The summed E-state index contributed by atoms with van der Waals surface area (Å²) in [5, 5.41) is 2.67. The van der Waals surface area contributed by atoms with E-state index in [1.807, 2.05) is 12.3 Å². The number of fused-ring (bicyclic) bond motifs is 1. The molecule has 4 heterocycles. The molecule has 4 rings (SSSR count). The van der Waals surface area contributed by atoms with E-state index in [4.69, 9.17) is 5.73 Å². The highest BCUT2D eigenvalue weighted by atomic mass is 32.1. The summed E-state index contributed by atoms with van der Waals surface area (Å²) in [6.45, 7) is 3.45. The van der Waals surface area contributed by atoms with E-state index in [9.17, 15) is 13.6 Å². The second-order valence-electron chi connectivity index (χ2n) is 6.12. The van der Waals surface area contributed by atoms with Crippen LogP contribution < -0.4 is 5.73 Å². The first kappa shape index (κ1) is 18.1. The minimum absolute atomic E-state index is 0.0420. The number of hydrogen-bond acceptors (Lipinski definition) is 6. The molecule has 0 aliphatic rings. The molecule has 4 aromatic rings. The number of amides is 1. The van der Waals surface area contributed by atoms with Crippen molar-refractivity contribution in [2.45, 2.75) is 20.3 Å². The Hall–Kier alpha value is -3.27. The smallest absolute Gasteiger partial charge is 0.265 e. The number of primary amides is 1. The number of aromatic nitrogens is 5. The summed E-state index contributed by atoms with van der Waals surface area (Å²) in [7, 11) is 0. The van der Waals surface area contributed by atoms with Crippen LogP contribution in [0.1, 0.15) is 33.7 Å². The van der Waals surface area contributed by atoms with Gasteiger partial charge in [-0.1, -0.05) is 0 Å². The van der Waals surface area contributed by atoms with Gasteiger partial charge in [-0.2, -0.15) is 0 Å². The largest absolute Gasteiger partial charge is 0.365 e. The maximum Gasteiger partial charge on any atom is 0.265 e. The zero-order valence-electron chi connectivity index (χ0n) is 14.8. The molecular weight excluding hydrogens is 386 g/mol. The number of aryl methyl sites for hydroxylation is 2. The van der Waals surface area contributed by atoms with Crippen LogP contribution in [0.5, 0.6) is 0 Å². The molecule has 142 valence electrons. The van der Waals surface area contributed by atoms with Crippen molar-refractivity contribution in [2.24, 2.45) is 5.73 Å². The lowest BCUT2D eigenvalue weighted by Gasteiger charge is -2.11. The predicted octanol–water partition coefficient (Wildman–Crippen LogP) is 3.59. The molecule has 1 amide bonds. The van der Waals surface area contributed by atoms with Gasteiger partial charge in [-0.05, 0) is 26.0 Å². The fourth-order valence-corrected chi connectivity index (χ4v) is 3.72. The first-order valence-electron chi connectivity index (χ1n) is 8.22. The van der Waals surface area contributed by atoms with Gasteiger partial charge in [0.2, 0.25) is 0 Å². The standard InChI is InChI=1S/C18H14F2N6OS/c1-8-7-28-18(23-8)15-24-9(2)12(14(21)27)17(25-15)26-6-11(13(19)20)10-4-3-5-22-16(10)26/h3-7,13H,1-2H3,(H2,21,27). The van der Waals surface area contributed by atoms with Crippen molar-refractivity contribution >= 4 is 28.3 Å². The van der Waals surface area contributed by atoms with E-state index < -0.39 is 12.3 Å². The Bertz CT molecular complexity index is 1220. The summed E-state index contributed by atoms with van der Waals surface area (Å²) in [5.41, 5.74) is 6.76. The van der Waals surface area contributed by atoms with Crippen LogP contribution in [0.4, 0.5) is 8.78 Å². The normalized spacial score (nSPS) is 11.5. The quantitative estimate of drug-likeness (QED) is 0.564. The lowest BCUT2D eigenvalue weighted by atomic mass is 10.2. The van der Waals surface area contributed by atoms with Crippen LogP contribution in [0.2, 0.25) is 0 Å². The maximum absolute atomic E-state index is 13.5. The van der Waals surface area contributed by atoms with E-state index in [0.717, 1.165) is 5.69 Å². The molecule has 0 aromatic carbocycles. The topological polar surface area (TPSA) is 99.6 Å². The number of carbonyl (C=O) groups excluding carboxylic acids is 1. The van der Waals surface area contributed by atoms with Crippen LogP contribution in [-0.2, 0) is 0 Å². The van der Waals surface area contributed by atoms with Crippen molar-refractivity contribution < 1.29 is 13.6 Å². The van der Waals surface area contributed by atoms with Gasteiger partial charge in [-0.15, -0.1) is 11.3 Å². The number of halogens is 2. The molecule has 2 N–H and O–H groups in total. The fourth-order valence-electron chi connectivity index (χ4n) is 2.99. The molecule has 28 heavy (non-hydrogen) atoms. The lowest BCUT2D eigenvalue weighted by molar-refractivity contribution is 0.0999. The number of pyridine rings is 1. The van der Waals surface area contributed by atoms with E-state index in [0.29, 0.717) is 10.7 Å². The first-order chi connectivity index (χ1) is 13.4. The number of rotatable bonds is 4. The highest BCUT2D eigenvalue weighted by Gasteiger charge is 2.24. The van der Waals surface area contributed by atoms with Gasteiger partial charge in [0.25, 0.3) is 12.3 Å². The van der Waals surface area contributed by atoms with Crippen molar-refractivity contribution in [2.75, 3.05) is 0 Å². The number of nitrogens with zero attached hydrogens (tertiary/aromatic N) is 5.